The molecule has 6 N–H and O–H groups in total. The minimum Gasteiger partial charge on any atom is -0.394 e. The fourth-order valence-corrected chi connectivity index (χ4v) is 4.53. The third-order valence-corrected chi connectivity index (χ3v) is 6.79. The van der Waals surface area contributed by atoms with E-state index < -0.39 is 95.7 Å². The van der Waals surface area contributed by atoms with Crippen molar-refractivity contribution < 1.29 is 48.0 Å². The lowest BCUT2D eigenvalue weighted by molar-refractivity contribution is -0.316. The lowest BCUT2D eigenvalue weighted by atomic mass is 9.87. The molecule has 0 bridgehead atoms. The van der Waals surface area contributed by atoms with Gasteiger partial charge in [-0.2, -0.15) is 0 Å². The van der Waals surface area contributed by atoms with Crippen molar-refractivity contribution >= 4 is 29.4 Å². The molecular weight excluding hydrogens is 588 g/mol. The molecule has 14 nitrogen and oxygen atoms in total. The number of ether oxygens (including phenoxy) is 4. The van der Waals surface area contributed by atoms with Crippen molar-refractivity contribution in [1.82, 2.24) is 16.0 Å². The minimum atomic E-state index is -1.18. The zero-order valence-electron chi connectivity index (χ0n) is 28.9. The van der Waals surface area contributed by atoms with Crippen molar-refractivity contribution in [1.29, 1.82) is 0 Å². The van der Waals surface area contributed by atoms with Gasteiger partial charge >= 0.3 is 0 Å². The second-order valence-corrected chi connectivity index (χ2v) is 14.5. The number of carbonyl (C=O) groups is 5. The SMILES string of the molecule is CC(=O)NC1[C@H](OC(C)(C)C)OC(CO)[C@H](OC(C)(C)C)[C@@H]1O[C@H](C)C(=O)N[C@@H](C)C(=O)NC(CCC(=O)C(C)(C)C)C(N)=O. The molecule has 1 saturated heterocycles. The largest absolute Gasteiger partial charge is 0.394 e. The summed E-state index contributed by atoms with van der Waals surface area (Å²) >= 11 is 0. The van der Waals surface area contributed by atoms with Crippen LogP contribution in [-0.2, 0) is 42.9 Å². The van der Waals surface area contributed by atoms with Crippen molar-refractivity contribution in [2.45, 2.75) is 156 Å². The van der Waals surface area contributed by atoms with Gasteiger partial charge in [-0.15, -0.1) is 0 Å². The summed E-state index contributed by atoms with van der Waals surface area (Å²) < 4.78 is 24.6. The summed E-state index contributed by atoms with van der Waals surface area (Å²) in [6, 6.07) is -3.16. The Bertz CT molecular complexity index is 1050. The zero-order valence-corrected chi connectivity index (χ0v) is 28.9. The number of Topliss-reactive ketones (excluding diaryl/α,β-unsaturated/α-hetero) is 1. The Morgan fingerprint density at radius 1 is 0.867 bits per heavy atom. The number of primary amides is 1. The van der Waals surface area contributed by atoms with Gasteiger partial charge in [0.1, 0.15) is 48.3 Å². The number of ketones is 1. The molecule has 1 fully saturated rings. The third kappa shape index (κ3) is 13.7. The third-order valence-electron chi connectivity index (χ3n) is 6.79. The smallest absolute Gasteiger partial charge is 0.249 e. The number of aliphatic hydroxyl groups is 1. The van der Waals surface area contributed by atoms with Gasteiger partial charge < -0.3 is 45.7 Å². The number of hydrogen-bond donors (Lipinski definition) is 5. The first-order chi connectivity index (χ1) is 20.4. The molecule has 0 saturated carbocycles. The van der Waals surface area contributed by atoms with E-state index in [9.17, 15) is 29.1 Å². The highest BCUT2D eigenvalue weighted by Crippen LogP contribution is 2.32. The fraction of sp³-hybridized carbons (Fsp3) is 0.839. The highest BCUT2D eigenvalue weighted by Gasteiger charge is 2.51. The number of aliphatic hydroxyl groups excluding tert-OH is 1. The second-order valence-electron chi connectivity index (χ2n) is 14.5. The predicted molar refractivity (Wildman–Crippen MR) is 166 cm³/mol. The van der Waals surface area contributed by atoms with Crippen LogP contribution in [0.5, 0.6) is 0 Å². The van der Waals surface area contributed by atoms with Gasteiger partial charge in [0.05, 0.1) is 17.8 Å². The average Bonchev–Trinajstić information content (AvgIpc) is 2.86. The summed E-state index contributed by atoms with van der Waals surface area (Å²) in [5.74, 6) is -2.66. The van der Waals surface area contributed by atoms with E-state index in [4.69, 9.17) is 24.7 Å². The van der Waals surface area contributed by atoms with Crippen LogP contribution in [0.4, 0.5) is 0 Å². The van der Waals surface area contributed by atoms with Crippen LogP contribution in [0.3, 0.4) is 0 Å². The van der Waals surface area contributed by atoms with Gasteiger partial charge in [0.2, 0.25) is 23.6 Å². The molecule has 8 atom stereocenters. The Balaban J connectivity index is 3.17. The van der Waals surface area contributed by atoms with Crippen LogP contribution in [-0.4, -0.2) is 101 Å². The topological polar surface area (TPSA) is 205 Å². The molecule has 0 aromatic heterocycles. The minimum absolute atomic E-state index is 0.0185. The second kappa shape index (κ2) is 16.3. The molecule has 0 radical (unpaired) electrons. The molecular formula is C31H56N4O10. The van der Waals surface area contributed by atoms with E-state index >= 15 is 0 Å². The monoisotopic (exact) mass is 644 g/mol. The van der Waals surface area contributed by atoms with E-state index in [0.29, 0.717) is 0 Å². The highest BCUT2D eigenvalue weighted by atomic mass is 16.7. The molecule has 0 aromatic rings. The predicted octanol–water partition coefficient (Wildman–Crippen LogP) is 0.851. The van der Waals surface area contributed by atoms with Gasteiger partial charge in [0.15, 0.2) is 6.29 Å². The van der Waals surface area contributed by atoms with E-state index in [1.54, 1.807) is 62.3 Å². The Morgan fingerprint density at radius 3 is 1.87 bits per heavy atom. The van der Waals surface area contributed by atoms with Gasteiger partial charge in [0, 0.05) is 18.8 Å². The first kappa shape index (κ1) is 40.4. The number of nitrogens with two attached hydrogens (primary N) is 1. The first-order valence-corrected chi connectivity index (χ1v) is 15.3. The van der Waals surface area contributed by atoms with E-state index in [1.165, 1.54) is 20.8 Å². The molecule has 1 heterocycles. The Labute approximate surface area is 267 Å². The van der Waals surface area contributed by atoms with Crippen LogP contribution in [0.15, 0.2) is 0 Å². The van der Waals surface area contributed by atoms with Crippen molar-refractivity contribution in [3.63, 3.8) is 0 Å². The van der Waals surface area contributed by atoms with Gasteiger partial charge in [0.25, 0.3) is 0 Å². The Morgan fingerprint density at radius 2 is 1.42 bits per heavy atom. The van der Waals surface area contributed by atoms with Crippen molar-refractivity contribution in [2.75, 3.05) is 6.61 Å². The Kier molecular flexibility index (Phi) is 14.6. The van der Waals surface area contributed by atoms with Crippen molar-refractivity contribution in [3.05, 3.63) is 0 Å². The maximum Gasteiger partial charge on any atom is 0.249 e. The van der Waals surface area contributed by atoms with Gasteiger partial charge in [-0.1, -0.05) is 20.8 Å². The summed E-state index contributed by atoms with van der Waals surface area (Å²) in [5, 5.41) is 18.1. The molecule has 14 heteroatoms. The summed E-state index contributed by atoms with van der Waals surface area (Å²) in [5.41, 5.74) is 3.41. The summed E-state index contributed by atoms with van der Waals surface area (Å²) in [4.78, 5) is 62.7. The maximum absolute atomic E-state index is 13.3. The number of amides is 4. The van der Waals surface area contributed by atoms with Crippen LogP contribution in [0, 0.1) is 5.41 Å². The molecule has 3 unspecified atom stereocenters. The molecule has 4 amide bonds. The molecule has 0 aromatic carbocycles. The van der Waals surface area contributed by atoms with Crippen LogP contribution in [0.1, 0.15) is 95.9 Å². The van der Waals surface area contributed by atoms with Gasteiger partial charge in [-0.05, 0) is 61.8 Å². The van der Waals surface area contributed by atoms with Crippen LogP contribution >= 0.6 is 0 Å². The van der Waals surface area contributed by atoms with Crippen LogP contribution in [0.25, 0.3) is 0 Å². The van der Waals surface area contributed by atoms with Crippen LogP contribution in [0.2, 0.25) is 0 Å². The summed E-state index contributed by atoms with van der Waals surface area (Å²) in [6.07, 6.45) is -5.09. The fourth-order valence-electron chi connectivity index (χ4n) is 4.53. The quantitative estimate of drug-likeness (QED) is 0.180. The number of carbonyl (C=O) groups excluding carboxylic acids is 5. The van der Waals surface area contributed by atoms with Gasteiger partial charge in [-0.25, -0.2) is 0 Å². The maximum atomic E-state index is 13.3. The first-order valence-electron chi connectivity index (χ1n) is 15.3. The number of hydrogen-bond acceptors (Lipinski definition) is 10. The average molecular weight is 645 g/mol. The standard InChI is InChI=1S/C31H56N4O10/c1-16(26(40)35-19(25(32)39)13-14-21(38)29(4,5)6)33-27(41)17(2)42-24-22(34-18(3)37)28(45-31(10,11)12)43-20(15-36)23(24)44-30(7,8)9/h16-17,19-20,22-24,28,36H,13-15H2,1-12H3,(H2,32,39)(H,33,41)(H,34,37)(H,35,40)/t16-,17+,19?,20?,22?,23-,24+,28-/m0/s1. The molecule has 1 aliphatic heterocycles. The van der Waals surface area contributed by atoms with Gasteiger partial charge in [-0.3, -0.25) is 24.0 Å². The van der Waals surface area contributed by atoms with Crippen molar-refractivity contribution in [2.24, 2.45) is 11.1 Å². The van der Waals surface area contributed by atoms with Crippen molar-refractivity contribution in [3.8, 4) is 0 Å². The molecule has 1 rings (SSSR count). The summed E-state index contributed by atoms with van der Waals surface area (Å²) in [6.45, 7) is 19.8. The number of nitrogens with one attached hydrogen (secondary N) is 3. The molecule has 0 spiro atoms. The van der Waals surface area contributed by atoms with E-state index in [2.05, 4.69) is 16.0 Å². The zero-order chi connectivity index (χ0) is 35.1. The molecule has 1 aliphatic rings. The van der Waals surface area contributed by atoms with E-state index in [0.717, 1.165) is 0 Å². The summed E-state index contributed by atoms with van der Waals surface area (Å²) in [7, 11) is 0. The molecule has 260 valence electrons. The number of rotatable bonds is 14. The molecule has 45 heavy (non-hydrogen) atoms. The normalized spacial score (nSPS) is 24.6. The lowest BCUT2D eigenvalue weighted by Gasteiger charge is -2.49. The van der Waals surface area contributed by atoms with E-state index in [1.807, 2.05) is 0 Å². The lowest BCUT2D eigenvalue weighted by Crippen LogP contribution is -2.68. The highest BCUT2D eigenvalue weighted by molar-refractivity contribution is 5.92. The molecule has 0 aliphatic carbocycles. The Hall–Kier alpha value is -2.65. The van der Waals surface area contributed by atoms with E-state index in [-0.39, 0.29) is 18.6 Å². The van der Waals surface area contributed by atoms with Crippen LogP contribution < -0.4 is 21.7 Å².